The van der Waals surface area contributed by atoms with Crippen LogP contribution in [0.1, 0.15) is 59.2 Å². The maximum Gasteiger partial charge on any atom is 0.410 e. The van der Waals surface area contributed by atoms with Gasteiger partial charge in [-0.2, -0.15) is 0 Å². The Hall–Kier alpha value is -1.58. The summed E-state index contributed by atoms with van der Waals surface area (Å²) in [6.07, 6.45) is 3.31. The Bertz CT molecular complexity index is 466. The van der Waals surface area contributed by atoms with Gasteiger partial charge < -0.3 is 9.64 Å². The van der Waals surface area contributed by atoms with Gasteiger partial charge in [-0.15, -0.1) is 0 Å². The molecule has 1 amide bonds. The fraction of sp³-hybridized carbons (Fsp3) is 0.647. The quantitative estimate of drug-likeness (QED) is 0.780. The Labute approximate surface area is 128 Å². The lowest BCUT2D eigenvalue weighted by Gasteiger charge is -2.36. The third kappa shape index (κ3) is 4.73. The van der Waals surface area contributed by atoms with E-state index in [9.17, 15) is 4.79 Å². The number of hydrogen-bond donors (Lipinski definition) is 0. The van der Waals surface area contributed by atoms with Gasteiger partial charge in [0.05, 0.1) is 6.54 Å². The highest BCUT2D eigenvalue weighted by atomic mass is 16.6. The minimum atomic E-state index is -0.454. The lowest BCUT2D eigenvalue weighted by Crippen LogP contribution is -2.46. The number of rotatable bonds is 1. The van der Waals surface area contributed by atoms with Crippen LogP contribution in [0.2, 0.25) is 0 Å². The average Bonchev–Trinajstić information content (AvgIpc) is 2.46. The smallest absolute Gasteiger partial charge is 0.410 e. The van der Waals surface area contributed by atoms with Crippen LogP contribution >= 0.6 is 0 Å². The van der Waals surface area contributed by atoms with Gasteiger partial charge in [-0.05, 0) is 38.8 Å². The van der Waals surface area contributed by atoms with Gasteiger partial charge >= 0.3 is 6.09 Å². The molecule has 0 saturated heterocycles. The topological polar surface area (TPSA) is 42.4 Å². The molecular formula is C17H28N2O2. The van der Waals surface area contributed by atoms with Crippen LogP contribution in [0.15, 0.2) is 18.3 Å². The number of carbonyl (C=O) groups is 1. The summed E-state index contributed by atoms with van der Waals surface area (Å²) in [7, 11) is 0. The van der Waals surface area contributed by atoms with Gasteiger partial charge in [-0.3, -0.25) is 4.98 Å². The van der Waals surface area contributed by atoms with Gasteiger partial charge in [0.1, 0.15) is 5.60 Å². The summed E-state index contributed by atoms with van der Waals surface area (Å²) >= 11 is 0. The molecule has 0 bridgehead atoms. The first-order valence-electron chi connectivity index (χ1n) is 7.83. The number of fused-ring (bicyclic) bond motifs is 1. The largest absolute Gasteiger partial charge is 0.444 e. The molecule has 1 aromatic heterocycles. The SMILES string of the molecule is CC.CCC1Cc2ncccc2CN1C(=O)OC(C)(C)C. The number of pyridine rings is 1. The van der Waals surface area contributed by atoms with E-state index in [-0.39, 0.29) is 12.1 Å². The number of hydrogen-bond acceptors (Lipinski definition) is 3. The monoisotopic (exact) mass is 292 g/mol. The second kappa shape index (κ2) is 7.43. The summed E-state index contributed by atoms with van der Waals surface area (Å²) in [5.41, 5.74) is 1.78. The van der Waals surface area contributed by atoms with Crippen molar-refractivity contribution in [2.45, 2.75) is 72.6 Å². The first-order chi connectivity index (χ1) is 9.90. The number of amides is 1. The van der Waals surface area contributed by atoms with Crippen LogP contribution in [0, 0.1) is 0 Å². The highest BCUT2D eigenvalue weighted by molar-refractivity contribution is 5.69. The highest BCUT2D eigenvalue weighted by Crippen LogP contribution is 2.25. The number of ether oxygens (including phenoxy) is 1. The Kier molecular flexibility index (Phi) is 6.19. The third-order valence-electron chi connectivity index (χ3n) is 3.29. The molecule has 0 radical (unpaired) electrons. The zero-order valence-corrected chi connectivity index (χ0v) is 14.1. The van der Waals surface area contributed by atoms with Crippen molar-refractivity contribution in [2.24, 2.45) is 0 Å². The standard InChI is InChI=1S/C15H22N2O2.C2H6/c1-5-12-9-13-11(7-6-8-16-13)10-17(12)14(18)19-15(2,3)4;1-2/h6-8,12H,5,9-10H2,1-4H3;1-2H3. The number of nitrogens with zero attached hydrogens (tertiary/aromatic N) is 2. The second-order valence-corrected chi connectivity index (χ2v) is 5.98. The van der Waals surface area contributed by atoms with Crippen molar-refractivity contribution in [1.82, 2.24) is 9.88 Å². The fourth-order valence-corrected chi connectivity index (χ4v) is 2.34. The van der Waals surface area contributed by atoms with E-state index in [1.54, 1.807) is 0 Å². The van der Waals surface area contributed by atoms with Crippen LogP contribution < -0.4 is 0 Å². The van der Waals surface area contributed by atoms with E-state index < -0.39 is 5.60 Å². The van der Waals surface area contributed by atoms with E-state index in [1.165, 1.54) is 0 Å². The van der Waals surface area contributed by atoms with Crippen molar-refractivity contribution in [3.63, 3.8) is 0 Å². The van der Waals surface area contributed by atoms with Crippen LogP contribution in [0.25, 0.3) is 0 Å². The predicted molar refractivity (Wildman–Crippen MR) is 85.1 cm³/mol. The molecule has 4 nitrogen and oxygen atoms in total. The summed E-state index contributed by atoms with van der Waals surface area (Å²) in [6, 6.07) is 4.13. The van der Waals surface area contributed by atoms with Crippen molar-refractivity contribution >= 4 is 6.09 Å². The first kappa shape index (κ1) is 17.5. The molecule has 1 aliphatic heterocycles. The molecule has 21 heavy (non-hydrogen) atoms. The van der Waals surface area contributed by atoms with Gasteiger partial charge in [-0.1, -0.05) is 26.8 Å². The molecule has 0 aliphatic carbocycles. The zero-order chi connectivity index (χ0) is 16.0. The van der Waals surface area contributed by atoms with Crippen molar-refractivity contribution in [2.75, 3.05) is 0 Å². The summed E-state index contributed by atoms with van der Waals surface area (Å²) in [5, 5.41) is 0. The normalized spacial score (nSPS) is 17.4. The lowest BCUT2D eigenvalue weighted by atomic mass is 9.97. The Balaban J connectivity index is 0.00000106. The van der Waals surface area contributed by atoms with E-state index in [2.05, 4.69) is 11.9 Å². The molecular weight excluding hydrogens is 264 g/mol. The molecule has 2 heterocycles. The van der Waals surface area contributed by atoms with Crippen molar-refractivity contribution in [3.05, 3.63) is 29.6 Å². The predicted octanol–water partition coefficient (Wildman–Crippen LogP) is 4.18. The maximum absolute atomic E-state index is 12.3. The molecule has 2 rings (SSSR count). The van der Waals surface area contributed by atoms with Crippen molar-refractivity contribution in [1.29, 1.82) is 0 Å². The Morgan fingerprint density at radius 3 is 2.67 bits per heavy atom. The summed E-state index contributed by atoms with van der Waals surface area (Å²) in [4.78, 5) is 18.5. The minimum absolute atomic E-state index is 0.178. The third-order valence-corrected chi connectivity index (χ3v) is 3.29. The fourth-order valence-electron chi connectivity index (χ4n) is 2.34. The van der Waals surface area contributed by atoms with Crippen molar-refractivity contribution < 1.29 is 9.53 Å². The molecule has 0 saturated carbocycles. The average molecular weight is 292 g/mol. The molecule has 1 aliphatic rings. The van der Waals surface area contributed by atoms with Gasteiger partial charge in [0.2, 0.25) is 0 Å². The lowest BCUT2D eigenvalue weighted by molar-refractivity contribution is 0.0113. The van der Waals surface area contributed by atoms with Gasteiger partial charge in [0, 0.05) is 24.4 Å². The molecule has 118 valence electrons. The van der Waals surface area contributed by atoms with E-state index in [0.717, 1.165) is 24.1 Å². The molecule has 1 aromatic rings. The van der Waals surface area contributed by atoms with Gasteiger partial charge in [0.25, 0.3) is 0 Å². The summed E-state index contributed by atoms with van der Waals surface area (Å²) < 4.78 is 5.49. The second-order valence-electron chi connectivity index (χ2n) is 5.98. The molecule has 0 fully saturated rings. The van der Waals surface area contributed by atoms with Crippen LogP contribution in [0.4, 0.5) is 4.79 Å². The Morgan fingerprint density at radius 2 is 2.10 bits per heavy atom. The Morgan fingerprint density at radius 1 is 1.43 bits per heavy atom. The zero-order valence-electron chi connectivity index (χ0n) is 14.1. The molecule has 0 spiro atoms. The molecule has 0 N–H and O–H groups in total. The summed E-state index contributed by atoms with van der Waals surface area (Å²) in [6.45, 7) is 12.4. The van der Waals surface area contributed by atoms with Gasteiger partial charge in [-0.25, -0.2) is 4.79 Å². The van der Waals surface area contributed by atoms with E-state index in [1.807, 2.05) is 57.8 Å². The summed E-state index contributed by atoms with van der Waals surface area (Å²) in [5.74, 6) is 0. The number of carbonyl (C=O) groups excluding carboxylic acids is 1. The van der Waals surface area contributed by atoms with E-state index >= 15 is 0 Å². The van der Waals surface area contributed by atoms with Crippen molar-refractivity contribution in [3.8, 4) is 0 Å². The van der Waals surface area contributed by atoms with E-state index in [0.29, 0.717) is 6.54 Å². The van der Waals surface area contributed by atoms with Crippen LogP contribution in [-0.2, 0) is 17.7 Å². The van der Waals surface area contributed by atoms with Crippen LogP contribution in [0.3, 0.4) is 0 Å². The van der Waals surface area contributed by atoms with Crippen LogP contribution in [-0.4, -0.2) is 27.6 Å². The number of aromatic nitrogens is 1. The highest BCUT2D eigenvalue weighted by Gasteiger charge is 2.32. The molecule has 1 atom stereocenters. The van der Waals surface area contributed by atoms with Crippen LogP contribution in [0.5, 0.6) is 0 Å². The first-order valence-corrected chi connectivity index (χ1v) is 7.83. The molecule has 0 aromatic carbocycles. The van der Waals surface area contributed by atoms with Gasteiger partial charge in [0.15, 0.2) is 0 Å². The minimum Gasteiger partial charge on any atom is -0.444 e. The maximum atomic E-state index is 12.3. The van der Waals surface area contributed by atoms with E-state index in [4.69, 9.17) is 4.74 Å². The molecule has 1 unspecified atom stereocenters. The molecule has 4 heteroatoms.